The van der Waals surface area contributed by atoms with Crippen molar-refractivity contribution in [3.8, 4) is 6.07 Å². The zero-order valence-electron chi connectivity index (χ0n) is 13.1. The summed E-state index contributed by atoms with van der Waals surface area (Å²) in [5.41, 5.74) is -3.50. The predicted octanol–water partition coefficient (Wildman–Crippen LogP) is 2.94. The highest BCUT2D eigenvalue weighted by Gasteiger charge is 2.33. The van der Waals surface area contributed by atoms with Gasteiger partial charge < -0.3 is 5.32 Å². The third-order valence-corrected chi connectivity index (χ3v) is 3.60. The monoisotopic (exact) mass is 400 g/mol. The quantitative estimate of drug-likeness (QED) is 0.625. The fourth-order valence-electron chi connectivity index (χ4n) is 2.09. The van der Waals surface area contributed by atoms with Crippen LogP contribution in [-0.2, 0) is 17.5 Å². The van der Waals surface area contributed by atoms with E-state index in [1.807, 2.05) is 0 Å². The van der Waals surface area contributed by atoms with Crippen molar-refractivity contribution in [1.29, 1.82) is 5.26 Å². The minimum absolute atomic E-state index is 0.240. The number of amides is 1. The van der Waals surface area contributed by atoms with Crippen LogP contribution >= 0.6 is 11.6 Å². The molecule has 0 saturated heterocycles. The number of nitrogens with one attached hydrogen (secondary N) is 1. The van der Waals surface area contributed by atoms with Crippen molar-refractivity contribution in [1.82, 2.24) is 4.57 Å². The Morgan fingerprint density at radius 2 is 2.04 bits per heavy atom. The van der Waals surface area contributed by atoms with Crippen molar-refractivity contribution in [3.05, 3.63) is 67.1 Å². The molecular formula is C15H8ClF3N4O4. The maximum Gasteiger partial charge on any atom is 0.417 e. The van der Waals surface area contributed by atoms with E-state index in [-0.39, 0.29) is 5.69 Å². The average molecular weight is 401 g/mol. The summed E-state index contributed by atoms with van der Waals surface area (Å²) in [6.45, 7) is -0.751. The molecule has 0 atom stereocenters. The van der Waals surface area contributed by atoms with Crippen molar-refractivity contribution in [3.63, 3.8) is 0 Å². The van der Waals surface area contributed by atoms with Gasteiger partial charge in [-0.15, -0.1) is 0 Å². The summed E-state index contributed by atoms with van der Waals surface area (Å²) >= 11 is 5.48. The van der Waals surface area contributed by atoms with Crippen LogP contribution in [0.5, 0.6) is 0 Å². The Morgan fingerprint density at radius 1 is 1.37 bits per heavy atom. The molecule has 0 saturated carbocycles. The molecule has 27 heavy (non-hydrogen) atoms. The first-order valence-electron chi connectivity index (χ1n) is 6.98. The van der Waals surface area contributed by atoms with Crippen molar-refractivity contribution >= 4 is 28.9 Å². The lowest BCUT2D eigenvalue weighted by Crippen LogP contribution is -2.29. The largest absolute Gasteiger partial charge is 0.417 e. The van der Waals surface area contributed by atoms with Crippen LogP contribution in [0.3, 0.4) is 0 Å². The Kier molecular flexibility index (Phi) is 5.51. The lowest BCUT2D eigenvalue weighted by Gasteiger charge is -2.12. The molecule has 1 aromatic heterocycles. The third kappa shape index (κ3) is 4.62. The Labute approximate surface area is 153 Å². The first kappa shape index (κ1) is 19.9. The SMILES string of the molecule is N#Cc1cc([N+](=O)[O-])cn(CC(=O)Nc2ccc(Cl)c(C(F)(F)F)c2)c1=O. The lowest BCUT2D eigenvalue weighted by molar-refractivity contribution is -0.385. The molecule has 0 spiro atoms. The molecule has 0 fully saturated rings. The first-order valence-corrected chi connectivity index (χ1v) is 7.36. The number of benzene rings is 1. The Morgan fingerprint density at radius 3 is 2.59 bits per heavy atom. The summed E-state index contributed by atoms with van der Waals surface area (Å²) in [5.74, 6) is -0.933. The van der Waals surface area contributed by atoms with E-state index in [1.54, 1.807) is 0 Å². The van der Waals surface area contributed by atoms with Gasteiger partial charge in [-0.25, -0.2) is 0 Å². The van der Waals surface area contributed by atoms with Gasteiger partial charge in [0.25, 0.3) is 11.2 Å². The van der Waals surface area contributed by atoms with Gasteiger partial charge in [0, 0.05) is 11.8 Å². The third-order valence-electron chi connectivity index (χ3n) is 3.27. The van der Waals surface area contributed by atoms with E-state index in [2.05, 4.69) is 5.32 Å². The maximum atomic E-state index is 12.8. The second-order valence-electron chi connectivity index (χ2n) is 5.15. The molecule has 1 N–H and O–H groups in total. The van der Waals surface area contributed by atoms with Crippen LogP contribution in [0.2, 0.25) is 5.02 Å². The Balaban J connectivity index is 2.29. The number of pyridine rings is 1. The van der Waals surface area contributed by atoms with Crippen LogP contribution < -0.4 is 10.9 Å². The standard InChI is InChI=1S/C15H8ClF3N4O4/c16-12-2-1-9(4-11(12)15(17,18)19)21-13(24)7-22-6-10(23(26)27)3-8(5-20)14(22)25/h1-4,6H,7H2,(H,21,24). The van der Waals surface area contributed by atoms with Crippen molar-refractivity contribution in [2.75, 3.05) is 5.32 Å². The van der Waals surface area contributed by atoms with Crippen LogP contribution in [-0.4, -0.2) is 15.4 Å². The fourth-order valence-corrected chi connectivity index (χ4v) is 2.32. The van der Waals surface area contributed by atoms with E-state index in [0.29, 0.717) is 10.6 Å². The van der Waals surface area contributed by atoms with Crippen molar-refractivity contribution in [2.24, 2.45) is 0 Å². The zero-order chi connectivity index (χ0) is 20.4. The molecule has 0 bridgehead atoms. The van der Waals surface area contributed by atoms with Crippen LogP contribution in [0.1, 0.15) is 11.1 Å². The number of anilines is 1. The fraction of sp³-hybridized carbons (Fsp3) is 0.133. The maximum absolute atomic E-state index is 12.8. The number of carbonyl (C=O) groups is 1. The molecule has 1 heterocycles. The summed E-state index contributed by atoms with van der Waals surface area (Å²) in [5, 5.41) is 21.3. The van der Waals surface area contributed by atoms with Crippen LogP contribution in [0.4, 0.5) is 24.5 Å². The van der Waals surface area contributed by atoms with Gasteiger partial charge in [0.1, 0.15) is 18.2 Å². The summed E-state index contributed by atoms with van der Waals surface area (Å²) in [6.07, 6.45) is -3.98. The molecule has 0 aliphatic rings. The highest BCUT2D eigenvalue weighted by Crippen LogP contribution is 2.36. The highest BCUT2D eigenvalue weighted by atomic mass is 35.5. The van der Waals surface area contributed by atoms with E-state index in [4.69, 9.17) is 16.9 Å². The van der Waals surface area contributed by atoms with E-state index in [9.17, 15) is 32.9 Å². The van der Waals surface area contributed by atoms with Crippen molar-refractivity contribution < 1.29 is 22.9 Å². The summed E-state index contributed by atoms with van der Waals surface area (Å²) in [4.78, 5) is 34.0. The molecule has 0 aliphatic carbocycles. The Hall–Kier alpha value is -3.39. The average Bonchev–Trinajstić information content (AvgIpc) is 2.57. The predicted molar refractivity (Wildman–Crippen MR) is 87.2 cm³/mol. The number of aromatic nitrogens is 1. The number of nitrogens with zero attached hydrogens (tertiary/aromatic N) is 3. The molecular weight excluding hydrogens is 393 g/mol. The van der Waals surface area contributed by atoms with Gasteiger partial charge in [0.15, 0.2) is 0 Å². The molecule has 1 amide bonds. The number of alkyl halides is 3. The van der Waals surface area contributed by atoms with Gasteiger partial charge in [0.2, 0.25) is 5.91 Å². The number of nitro groups is 1. The van der Waals surface area contributed by atoms with Gasteiger partial charge in [-0.3, -0.25) is 24.3 Å². The number of carbonyl (C=O) groups excluding carboxylic acids is 1. The normalized spacial score (nSPS) is 10.9. The molecule has 0 unspecified atom stereocenters. The van der Waals surface area contributed by atoms with Gasteiger partial charge in [-0.2, -0.15) is 18.4 Å². The minimum atomic E-state index is -4.74. The number of hydrogen-bond acceptors (Lipinski definition) is 5. The zero-order valence-corrected chi connectivity index (χ0v) is 13.8. The molecule has 0 radical (unpaired) electrons. The summed E-state index contributed by atoms with van der Waals surface area (Å²) < 4.78 is 39.1. The molecule has 2 rings (SSSR count). The van der Waals surface area contributed by atoms with E-state index in [1.165, 1.54) is 6.07 Å². The topological polar surface area (TPSA) is 118 Å². The number of hydrogen-bond donors (Lipinski definition) is 1. The molecule has 12 heteroatoms. The Bertz CT molecular complexity index is 1030. The number of halogens is 4. The van der Waals surface area contributed by atoms with E-state index >= 15 is 0 Å². The van der Waals surface area contributed by atoms with Gasteiger partial charge in [-0.05, 0) is 18.2 Å². The number of rotatable bonds is 4. The molecule has 140 valence electrons. The summed E-state index contributed by atoms with van der Waals surface area (Å²) in [7, 11) is 0. The molecule has 8 nitrogen and oxygen atoms in total. The van der Waals surface area contributed by atoms with Crippen LogP contribution in [0, 0.1) is 21.4 Å². The lowest BCUT2D eigenvalue weighted by atomic mass is 10.2. The minimum Gasteiger partial charge on any atom is -0.325 e. The second-order valence-corrected chi connectivity index (χ2v) is 5.56. The van der Waals surface area contributed by atoms with Crippen LogP contribution in [0.25, 0.3) is 0 Å². The highest BCUT2D eigenvalue weighted by molar-refractivity contribution is 6.31. The van der Waals surface area contributed by atoms with E-state index in [0.717, 1.165) is 24.4 Å². The summed E-state index contributed by atoms with van der Waals surface area (Å²) in [6, 6.07) is 4.89. The molecule has 1 aromatic carbocycles. The van der Waals surface area contributed by atoms with Gasteiger partial charge in [0.05, 0.1) is 21.7 Å². The molecule has 0 aliphatic heterocycles. The number of nitriles is 1. The smallest absolute Gasteiger partial charge is 0.325 e. The molecule has 2 aromatic rings. The van der Waals surface area contributed by atoms with Crippen molar-refractivity contribution in [2.45, 2.75) is 12.7 Å². The van der Waals surface area contributed by atoms with E-state index < -0.39 is 50.9 Å². The van der Waals surface area contributed by atoms with Crippen LogP contribution in [0.15, 0.2) is 35.3 Å². The van der Waals surface area contributed by atoms with Gasteiger partial charge >= 0.3 is 6.18 Å². The second kappa shape index (κ2) is 7.46. The van der Waals surface area contributed by atoms with Gasteiger partial charge in [-0.1, -0.05) is 11.6 Å². The first-order chi connectivity index (χ1) is 12.5.